The monoisotopic (exact) mass is 488 g/mol. The number of methoxy groups -OCH3 is 1. The van der Waals surface area contributed by atoms with Crippen LogP contribution in [0, 0.1) is 5.92 Å². The van der Waals surface area contributed by atoms with E-state index in [-0.39, 0.29) is 17.6 Å². The first-order chi connectivity index (χ1) is 17.5. The standard InChI is InChI=1S/C25H28N8O3/c1-4-20(34)17-13-26-22(29-21-10-11-33(30-21)25(35)15-8-9-15)12-19(17)28-18-7-5-6-16(23(18)36-3)24-27-14-32(2)31-24/h5-7,12-15H,4,8-11H2,1-3H3,(H2,26,28,29,30). The number of amides is 1. The Morgan fingerprint density at radius 1 is 1.17 bits per heavy atom. The molecule has 1 aliphatic heterocycles. The van der Waals surface area contributed by atoms with Gasteiger partial charge in [0.2, 0.25) is 5.91 Å². The predicted molar refractivity (Wildman–Crippen MR) is 135 cm³/mol. The van der Waals surface area contributed by atoms with Crippen LogP contribution in [0.15, 0.2) is 41.9 Å². The van der Waals surface area contributed by atoms with Crippen LogP contribution >= 0.6 is 0 Å². The number of para-hydroxylation sites is 1. The van der Waals surface area contributed by atoms with Crippen molar-refractivity contribution in [3.05, 3.63) is 42.4 Å². The molecule has 0 saturated heterocycles. The molecular formula is C25H28N8O3. The van der Waals surface area contributed by atoms with E-state index in [1.807, 2.05) is 25.1 Å². The summed E-state index contributed by atoms with van der Waals surface area (Å²) < 4.78 is 7.33. The highest BCUT2D eigenvalue weighted by atomic mass is 16.5. The maximum absolute atomic E-state index is 12.7. The van der Waals surface area contributed by atoms with E-state index in [0.717, 1.165) is 18.4 Å². The van der Waals surface area contributed by atoms with Crippen LogP contribution in [-0.4, -0.2) is 55.9 Å². The Hall–Kier alpha value is -4.28. The molecule has 11 heteroatoms. The van der Waals surface area contributed by atoms with Gasteiger partial charge in [-0.25, -0.2) is 15.0 Å². The summed E-state index contributed by atoms with van der Waals surface area (Å²) in [4.78, 5) is 33.8. The third-order valence-corrected chi connectivity index (χ3v) is 6.11. The van der Waals surface area contributed by atoms with E-state index in [2.05, 4.69) is 30.8 Å². The normalized spacial score (nSPS) is 15.0. The number of carbonyl (C=O) groups excluding carboxylic acids is 2. The molecule has 5 rings (SSSR count). The molecular weight excluding hydrogens is 460 g/mol. The number of anilines is 3. The van der Waals surface area contributed by atoms with Gasteiger partial charge in [-0.3, -0.25) is 14.3 Å². The summed E-state index contributed by atoms with van der Waals surface area (Å²) in [7, 11) is 3.38. The van der Waals surface area contributed by atoms with E-state index in [0.29, 0.717) is 59.6 Å². The van der Waals surface area contributed by atoms with Crippen LogP contribution in [0.4, 0.5) is 17.2 Å². The highest BCUT2D eigenvalue weighted by Crippen LogP contribution is 2.37. The number of rotatable bonds is 8. The molecule has 0 spiro atoms. The van der Waals surface area contributed by atoms with E-state index in [1.54, 1.807) is 37.4 Å². The Morgan fingerprint density at radius 2 is 2.00 bits per heavy atom. The second-order valence-electron chi connectivity index (χ2n) is 8.80. The first kappa shape index (κ1) is 23.5. The van der Waals surface area contributed by atoms with Gasteiger partial charge in [0.15, 0.2) is 17.4 Å². The van der Waals surface area contributed by atoms with Gasteiger partial charge in [0.05, 0.1) is 36.2 Å². The van der Waals surface area contributed by atoms with E-state index in [9.17, 15) is 9.59 Å². The molecule has 2 aliphatic rings. The van der Waals surface area contributed by atoms with Crippen LogP contribution in [0.25, 0.3) is 11.4 Å². The fourth-order valence-electron chi connectivity index (χ4n) is 4.07. The van der Waals surface area contributed by atoms with Gasteiger partial charge in [0.25, 0.3) is 0 Å². The lowest BCUT2D eigenvalue weighted by atomic mass is 10.1. The van der Waals surface area contributed by atoms with Crippen molar-refractivity contribution in [2.45, 2.75) is 32.6 Å². The van der Waals surface area contributed by atoms with Crippen LogP contribution in [0.1, 0.15) is 43.0 Å². The van der Waals surface area contributed by atoms with Gasteiger partial charge < -0.3 is 15.4 Å². The molecule has 0 atom stereocenters. The summed E-state index contributed by atoms with van der Waals surface area (Å²) in [6.07, 6.45) is 6.01. The SMILES string of the molecule is CCC(=O)c1cnc(NC2=NN(C(=O)C3CC3)CC2)cc1Nc1cccc(-c2ncn(C)n2)c1OC. The van der Waals surface area contributed by atoms with E-state index in [1.165, 1.54) is 5.01 Å². The minimum absolute atomic E-state index is 0.0440. The maximum atomic E-state index is 12.7. The minimum atomic E-state index is -0.0440. The molecule has 0 bridgehead atoms. The van der Waals surface area contributed by atoms with Gasteiger partial charge in [-0.05, 0) is 25.0 Å². The lowest BCUT2D eigenvalue weighted by molar-refractivity contribution is -0.132. The van der Waals surface area contributed by atoms with Crippen LogP contribution in [0.5, 0.6) is 5.75 Å². The number of Topliss-reactive ketones (excluding diaryl/α,β-unsaturated/α-hetero) is 1. The number of hydrogen-bond donors (Lipinski definition) is 2. The molecule has 3 heterocycles. The second kappa shape index (κ2) is 9.76. The van der Waals surface area contributed by atoms with E-state index >= 15 is 0 Å². The van der Waals surface area contributed by atoms with Crippen LogP contribution in [0.3, 0.4) is 0 Å². The molecule has 0 unspecified atom stereocenters. The third kappa shape index (κ3) is 4.77. The average molecular weight is 489 g/mol. The largest absolute Gasteiger partial charge is 0.494 e. The van der Waals surface area contributed by atoms with E-state index in [4.69, 9.17) is 4.74 Å². The molecule has 1 aromatic carbocycles. The number of amidine groups is 1. The highest BCUT2D eigenvalue weighted by molar-refractivity contribution is 6.03. The molecule has 1 amide bonds. The Balaban J connectivity index is 1.44. The number of pyridine rings is 1. The zero-order valence-corrected chi connectivity index (χ0v) is 20.5. The van der Waals surface area contributed by atoms with Crippen molar-refractivity contribution in [1.82, 2.24) is 24.8 Å². The molecule has 3 aromatic rings. The van der Waals surface area contributed by atoms with Gasteiger partial charge in [-0.2, -0.15) is 10.2 Å². The van der Waals surface area contributed by atoms with Crippen molar-refractivity contribution in [2.24, 2.45) is 18.1 Å². The van der Waals surface area contributed by atoms with Crippen molar-refractivity contribution in [3.8, 4) is 17.1 Å². The number of ketones is 1. The number of nitrogens with one attached hydrogen (secondary N) is 2. The lowest BCUT2D eigenvalue weighted by Crippen LogP contribution is -2.24. The Kier molecular flexibility index (Phi) is 6.36. The number of nitrogens with zero attached hydrogens (tertiary/aromatic N) is 6. The van der Waals surface area contributed by atoms with Gasteiger partial charge in [0, 0.05) is 38.1 Å². The van der Waals surface area contributed by atoms with Gasteiger partial charge in [-0.1, -0.05) is 13.0 Å². The molecule has 11 nitrogen and oxygen atoms in total. The van der Waals surface area contributed by atoms with Crippen molar-refractivity contribution < 1.29 is 14.3 Å². The molecule has 36 heavy (non-hydrogen) atoms. The molecule has 2 aromatic heterocycles. The number of benzene rings is 1. The Bertz CT molecular complexity index is 1340. The third-order valence-electron chi connectivity index (χ3n) is 6.11. The molecule has 186 valence electrons. The summed E-state index contributed by atoms with van der Waals surface area (Å²) in [6, 6.07) is 7.38. The summed E-state index contributed by atoms with van der Waals surface area (Å²) in [5.41, 5.74) is 2.42. The highest BCUT2D eigenvalue weighted by Gasteiger charge is 2.35. The van der Waals surface area contributed by atoms with Crippen molar-refractivity contribution in [3.63, 3.8) is 0 Å². The van der Waals surface area contributed by atoms with Gasteiger partial charge in [0.1, 0.15) is 18.0 Å². The first-order valence-corrected chi connectivity index (χ1v) is 12.0. The number of hydrazone groups is 1. The summed E-state index contributed by atoms with van der Waals surface area (Å²) >= 11 is 0. The van der Waals surface area contributed by atoms with Crippen molar-refractivity contribution in [1.29, 1.82) is 0 Å². The summed E-state index contributed by atoms with van der Waals surface area (Å²) in [6.45, 7) is 2.37. The molecule has 2 N–H and O–H groups in total. The summed E-state index contributed by atoms with van der Waals surface area (Å²) in [5.74, 6) is 2.43. The maximum Gasteiger partial charge on any atom is 0.245 e. The van der Waals surface area contributed by atoms with Crippen molar-refractivity contribution >= 4 is 34.7 Å². The topological polar surface area (TPSA) is 127 Å². The average Bonchev–Trinajstić information content (AvgIpc) is 3.49. The number of aryl methyl sites for hydroxylation is 1. The summed E-state index contributed by atoms with van der Waals surface area (Å²) in [5, 5.41) is 16.9. The first-order valence-electron chi connectivity index (χ1n) is 12.0. The number of aromatic nitrogens is 4. The zero-order valence-electron chi connectivity index (χ0n) is 20.5. The smallest absolute Gasteiger partial charge is 0.245 e. The number of hydrogen-bond acceptors (Lipinski definition) is 9. The van der Waals surface area contributed by atoms with Gasteiger partial charge >= 0.3 is 0 Å². The number of carbonyl (C=O) groups is 2. The number of ether oxygens (including phenoxy) is 1. The van der Waals surface area contributed by atoms with E-state index < -0.39 is 0 Å². The van der Waals surface area contributed by atoms with Crippen molar-refractivity contribution in [2.75, 3.05) is 24.3 Å². The molecule has 1 fully saturated rings. The molecule has 1 saturated carbocycles. The fraction of sp³-hybridized carbons (Fsp3) is 0.360. The molecule has 0 radical (unpaired) electrons. The van der Waals surface area contributed by atoms with Crippen LogP contribution in [-0.2, 0) is 11.8 Å². The van der Waals surface area contributed by atoms with Crippen LogP contribution in [0.2, 0.25) is 0 Å². The fourth-order valence-corrected chi connectivity index (χ4v) is 4.07. The minimum Gasteiger partial charge on any atom is -0.494 e. The quantitative estimate of drug-likeness (QED) is 0.461. The lowest BCUT2D eigenvalue weighted by Gasteiger charge is -2.17. The Labute approximate surface area is 208 Å². The van der Waals surface area contributed by atoms with Crippen LogP contribution < -0.4 is 15.4 Å². The van der Waals surface area contributed by atoms with Gasteiger partial charge in [-0.15, -0.1) is 0 Å². The zero-order chi connectivity index (χ0) is 25.2. The molecule has 1 aliphatic carbocycles. The Morgan fingerprint density at radius 3 is 2.69 bits per heavy atom. The predicted octanol–water partition coefficient (Wildman–Crippen LogP) is 3.59. The second-order valence-corrected chi connectivity index (χ2v) is 8.80.